The van der Waals surface area contributed by atoms with Gasteiger partial charge in [-0.3, -0.25) is 9.98 Å². The Labute approximate surface area is 448 Å². The molecular weight excluding hydrogens is 911 g/mol. The summed E-state index contributed by atoms with van der Waals surface area (Å²) in [6.07, 6.45) is 51.0. The van der Waals surface area contributed by atoms with Crippen molar-refractivity contribution in [3.8, 4) is 23.3 Å². The zero-order chi connectivity index (χ0) is 50.5. The van der Waals surface area contributed by atoms with Gasteiger partial charge in [-0.1, -0.05) is 262 Å². The van der Waals surface area contributed by atoms with Gasteiger partial charge in [0.25, 0.3) is 0 Å². The van der Waals surface area contributed by atoms with Crippen molar-refractivity contribution in [2.45, 2.75) is 286 Å². The van der Waals surface area contributed by atoms with E-state index >= 15 is 0 Å². The molecule has 0 aliphatic heterocycles. The molecule has 0 aromatic heterocycles. The second kappa shape index (κ2) is 46.4. The minimum atomic E-state index is -0.305. The predicted molar refractivity (Wildman–Crippen MR) is 306 cm³/mol. The van der Waals surface area contributed by atoms with Crippen LogP contribution in [0.3, 0.4) is 0 Å². The second-order valence-corrected chi connectivity index (χ2v) is 20.4. The van der Waals surface area contributed by atoms with Gasteiger partial charge in [-0.15, -0.1) is 11.5 Å². The van der Waals surface area contributed by atoms with Crippen molar-refractivity contribution in [2.24, 2.45) is 9.98 Å². The first-order chi connectivity index (χ1) is 34.4. The van der Waals surface area contributed by atoms with E-state index in [1.165, 1.54) is 204 Å². The molecule has 3 aromatic carbocycles. The van der Waals surface area contributed by atoms with Crippen molar-refractivity contribution < 1.29 is 26.7 Å². The van der Waals surface area contributed by atoms with E-state index in [0.29, 0.717) is 17.5 Å². The number of hydrogen-bond donors (Lipinski definition) is 0. The van der Waals surface area contributed by atoms with Crippen LogP contribution in [0.25, 0.3) is 0 Å². The van der Waals surface area contributed by atoms with Gasteiger partial charge in [-0.05, 0) is 106 Å². The van der Waals surface area contributed by atoms with Crippen LogP contribution in [-0.2, 0) is 42.2 Å². The molecule has 0 amide bonds. The zero-order valence-corrected chi connectivity index (χ0v) is 47.7. The summed E-state index contributed by atoms with van der Waals surface area (Å²) in [5.74, 6) is 6.27. The Bertz CT molecular complexity index is 1850. The fraction of sp³-hybridized carbons (Fsp3) is 0.667. The summed E-state index contributed by atoms with van der Waals surface area (Å²) in [7, 11) is 0. The van der Waals surface area contributed by atoms with Crippen LogP contribution in [0.2, 0.25) is 0 Å². The maximum Gasteiger partial charge on any atom is 2.00 e. The van der Waals surface area contributed by atoms with Gasteiger partial charge < -0.3 is 10.2 Å². The molecule has 0 N–H and O–H groups in total. The molecule has 0 radical (unpaired) electrons. The maximum atomic E-state index is 11.5. The van der Waals surface area contributed by atoms with Crippen LogP contribution in [-0.4, -0.2) is 11.9 Å². The third-order valence-electron chi connectivity index (χ3n) is 13.9. The summed E-state index contributed by atoms with van der Waals surface area (Å²) in [4.78, 5) is 10.0. The number of aryl methyl sites for hydroxylation is 4. The molecule has 0 atom stereocenters. The van der Waals surface area contributed by atoms with Gasteiger partial charge in [0.15, 0.2) is 0 Å². The second-order valence-electron chi connectivity index (χ2n) is 20.4. The van der Waals surface area contributed by atoms with Crippen molar-refractivity contribution in [1.82, 2.24) is 0 Å². The van der Waals surface area contributed by atoms with Crippen molar-refractivity contribution in [1.29, 1.82) is 0 Å². The van der Waals surface area contributed by atoms with Crippen molar-refractivity contribution in [3.05, 3.63) is 82.4 Å². The number of aliphatic imine (C=N–C) groups is 2. The summed E-state index contributed by atoms with van der Waals surface area (Å²) in [5, 5.41) is 23.0. The Kier molecular flexibility index (Phi) is 43.0. The van der Waals surface area contributed by atoms with Crippen molar-refractivity contribution in [3.63, 3.8) is 0 Å². The van der Waals surface area contributed by atoms with Crippen LogP contribution in [0, 0.1) is 11.8 Å². The van der Waals surface area contributed by atoms with Gasteiger partial charge >= 0.3 is 16.5 Å². The quantitative estimate of drug-likeness (QED) is 0.0246. The number of nitrogens with zero attached hydrogens (tertiary/aromatic N) is 2. The van der Waals surface area contributed by atoms with E-state index in [1.54, 1.807) is 12.1 Å². The van der Waals surface area contributed by atoms with Crippen molar-refractivity contribution >= 4 is 23.3 Å². The van der Waals surface area contributed by atoms with Crippen LogP contribution in [0.4, 0.5) is 11.4 Å². The Morgan fingerprint density at radius 2 is 0.873 bits per heavy atom. The van der Waals surface area contributed by atoms with E-state index in [4.69, 9.17) is 9.98 Å². The smallest absolute Gasteiger partial charge is 0.873 e. The maximum absolute atomic E-state index is 11.5. The SMILES string of the molecule is CCCCCCCCCCCCCCCCCCCCCCCCCC#Cc1cccc(N=C(C=Nc2ccc(CCCC)c(CCCC)c2)CCCCC)c1.CCCCc1ccc(CC)c([O-])c1[O-].[Ni+2]. The predicted octanol–water partition coefficient (Wildman–Crippen LogP) is 19.9. The number of rotatable bonds is 40. The summed E-state index contributed by atoms with van der Waals surface area (Å²) in [6.45, 7) is 13.1. The molecule has 5 heteroatoms. The normalized spacial score (nSPS) is 11.3. The monoisotopic (exact) mass is 1010 g/mol. The zero-order valence-electron chi connectivity index (χ0n) is 46.7. The van der Waals surface area contributed by atoms with E-state index in [-0.39, 0.29) is 28.0 Å². The largest absolute Gasteiger partial charge is 2.00 e. The minimum absolute atomic E-state index is 0. The van der Waals surface area contributed by atoms with Crippen LogP contribution in [0.1, 0.15) is 288 Å². The Morgan fingerprint density at radius 3 is 1.39 bits per heavy atom. The third kappa shape index (κ3) is 33.2. The van der Waals surface area contributed by atoms with Crippen LogP contribution in [0.5, 0.6) is 11.5 Å². The Morgan fingerprint density at radius 1 is 0.437 bits per heavy atom. The molecule has 0 unspecified atom stereocenters. The van der Waals surface area contributed by atoms with Gasteiger partial charge in [-0.2, -0.15) is 0 Å². The van der Waals surface area contributed by atoms with Gasteiger partial charge in [-0.25, -0.2) is 0 Å². The third-order valence-corrected chi connectivity index (χ3v) is 13.9. The van der Waals surface area contributed by atoms with Gasteiger partial charge in [0, 0.05) is 18.2 Å². The molecule has 4 nitrogen and oxygen atoms in total. The standard InChI is InChI=1S/C54H88N2.C12H18O2.Ni/c1-5-9-13-14-15-16-17-18-19-20-21-22-23-24-25-26-27-28-29-30-31-32-33-34-36-38-49-39-37-43-53(46-49)56-54(42-35-10-6-2)48-55-52-45-44-50(40-11-7-3)51(47-52)41-12-8-4;1-3-5-6-10-8-7-9(4-2)11(13)12(10)14;/h37,39,43-48H,5-35,40-42H2,1-4H3;7-8,13-14H,3-6H2,1-2H3;/q;;+2/p-2. The molecule has 0 saturated heterocycles. The van der Waals surface area contributed by atoms with E-state index < -0.39 is 0 Å². The summed E-state index contributed by atoms with van der Waals surface area (Å²) in [6, 6.07) is 18.9. The first kappa shape index (κ1) is 65.7. The Balaban J connectivity index is 0.00000144. The average molecular weight is 1020 g/mol. The molecule has 0 saturated carbocycles. The minimum Gasteiger partial charge on any atom is -0.873 e. The molecular formula is C66H104N2NiO2. The fourth-order valence-electron chi connectivity index (χ4n) is 9.23. The average Bonchev–Trinajstić information content (AvgIpc) is 3.37. The van der Waals surface area contributed by atoms with E-state index in [0.717, 1.165) is 67.6 Å². The van der Waals surface area contributed by atoms with Gasteiger partial charge in [0.1, 0.15) is 0 Å². The number of unbranched alkanes of at least 4 members (excludes halogenated alkanes) is 28. The molecule has 0 aliphatic carbocycles. The molecule has 0 heterocycles. The molecule has 3 rings (SSSR count). The Hall–Kier alpha value is -3.35. The molecule has 71 heavy (non-hydrogen) atoms. The van der Waals surface area contributed by atoms with Crippen molar-refractivity contribution in [2.75, 3.05) is 0 Å². The molecule has 400 valence electrons. The summed E-state index contributed by atoms with van der Waals surface area (Å²) in [5.41, 5.74) is 8.43. The fourth-order valence-corrected chi connectivity index (χ4v) is 9.23. The first-order valence-corrected chi connectivity index (χ1v) is 29.7. The van der Waals surface area contributed by atoms with Crippen LogP contribution < -0.4 is 10.2 Å². The molecule has 0 bridgehead atoms. The topological polar surface area (TPSA) is 70.8 Å². The van der Waals surface area contributed by atoms with E-state index in [9.17, 15) is 10.2 Å². The van der Waals surface area contributed by atoms with Crippen LogP contribution in [0.15, 0.2) is 64.6 Å². The van der Waals surface area contributed by atoms with E-state index in [1.807, 2.05) is 13.1 Å². The number of hydrogen-bond acceptors (Lipinski definition) is 4. The summed E-state index contributed by atoms with van der Waals surface area (Å²) >= 11 is 0. The first-order valence-electron chi connectivity index (χ1n) is 29.7. The van der Waals surface area contributed by atoms with Gasteiger partial charge in [0.2, 0.25) is 0 Å². The van der Waals surface area contributed by atoms with Crippen LogP contribution >= 0.6 is 0 Å². The molecule has 0 spiro atoms. The van der Waals surface area contributed by atoms with E-state index in [2.05, 4.69) is 88.9 Å². The summed E-state index contributed by atoms with van der Waals surface area (Å²) < 4.78 is 0. The molecule has 0 fully saturated rings. The molecule has 0 aliphatic rings. The molecule has 3 aromatic rings. The number of benzene rings is 3. The van der Waals surface area contributed by atoms with Gasteiger partial charge in [0.05, 0.1) is 17.1 Å².